The molecule has 1 saturated heterocycles. The van der Waals surface area contributed by atoms with Crippen molar-refractivity contribution in [1.82, 2.24) is 9.47 Å². The first-order chi connectivity index (χ1) is 8.31. The molecule has 1 aliphatic rings. The van der Waals surface area contributed by atoms with Crippen LogP contribution in [0.4, 0.5) is 0 Å². The van der Waals surface area contributed by atoms with Gasteiger partial charge in [0.25, 0.3) is 0 Å². The van der Waals surface area contributed by atoms with Crippen molar-refractivity contribution in [1.29, 1.82) is 0 Å². The number of nitrogens with zero attached hydrogens (tertiary/aromatic N) is 2. The molecule has 3 nitrogen and oxygen atoms in total. The summed E-state index contributed by atoms with van der Waals surface area (Å²) < 4.78 is 1.81. The van der Waals surface area contributed by atoms with E-state index < -0.39 is 0 Å². The van der Waals surface area contributed by atoms with E-state index >= 15 is 0 Å². The van der Waals surface area contributed by atoms with E-state index in [9.17, 15) is 4.79 Å². The third kappa shape index (κ3) is 3.19. The van der Waals surface area contributed by atoms with Crippen molar-refractivity contribution in [2.45, 2.75) is 39.0 Å². The van der Waals surface area contributed by atoms with Gasteiger partial charge in [0.05, 0.1) is 0 Å². The lowest BCUT2D eigenvalue weighted by atomic mass is 10.1. The van der Waals surface area contributed by atoms with Gasteiger partial charge in [-0.3, -0.25) is 9.36 Å². The lowest BCUT2D eigenvalue weighted by molar-refractivity contribution is 0.0875. The predicted octanol–water partition coefficient (Wildman–Crippen LogP) is 2.57. The fourth-order valence-electron chi connectivity index (χ4n) is 2.50. The van der Waals surface area contributed by atoms with Gasteiger partial charge in [0.2, 0.25) is 5.91 Å². The maximum Gasteiger partial charge on any atom is 0.232 e. The van der Waals surface area contributed by atoms with Gasteiger partial charge in [-0.25, -0.2) is 0 Å². The highest BCUT2D eigenvalue weighted by atomic mass is 16.2. The smallest absolute Gasteiger partial charge is 0.232 e. The van der Waals surface area contributed by atoms with Crippen molar-refractivity contribution < 1.29 is 4.79 Å². The summed E-state index contributed by atoms with van der Waals surface area (Å²) in [4.78, 5) is 14.5. The third-order valence-electron chi connectivity index (χ3n) is 3.55. The number of hydrogen-bond donors (Lipinski definition) is 0. The molecule has 1 aromatic heterocycles. The number of hydrogen-bond acceptors (Lipinski definition) is 2. The molecular weight excluding hydrogens is 212 g/mol. The molecule has 94 valence electrons. The van der Waals surface area contributed by atoms with Crippen LogP contribution in [0.5, 0.6) is 0 Å². The molecule has 0 bridgehead atoms. The van der Waals surface area contributed by atoms with Crippen molar-refractivity contribution in [2.75, 3.05) is 19.6 Å². The molecule has 3 heteroatoms. The normalized spacial score (nSPS) is 17.2. The Balaban J connectivity index is 1.84. The first kappa shape index (κ1) is 12.4. The summed E-state index contributed by atoms with van der Waals surface area (Å²) in [5, 5.41) is 0. The first-order valence-electron chi connectivity index (χ1n) is 6.73. The second-order valence-electron chi connectivity index (χ2n) is 4.77. The molecule has 2 rings (SSSR count). The van der Waals surface area contributed by atoms with Crippen molar-refractivity contribution in [3.8, 4) is 0 Å². The second-order valence-corrected chi connectivity index (χ2v) is 4.77. The number of piperidine rings is 1. The summed E-state index contributed by atoms with van der Waals surface area (Å²) in [6, 6.07) is 3.98. The summed E-state index contributed by atoms with van der Waals surface area (Å²) in [5.74, 6) is 0.234. The molecule has 0 atom stereocenters. The molecule has 1 aromatic rings. The number of rotatable bonds is 4. The molecule has 0 aliphatic carbocycles. The molecule has 2 heterocycles. The molecule has 0 aromatic carbocycles. The molecule has 0 spiro atoms. The lowest BCUT2D eigenvalue weighted by Gasteiger charge is -2.26. The number of aromatic nitrogens is 1. The van der Waals surface area contributed by atoms with E-state index in [0.717, 1.165) is 18.7 Å². The highest BCUT2D eigenvalue weighted by molar-refractivity contribution is 5.79. The molecular formula is C14H22N2O. The van der Waals surface area contributed by atoms with Gasteiger partial charge >= 0.3 is 0 Å². The van der Waals surface area contributed by atoms with E-state index in [1.807, 2.05) is 22.9 Å². The van der Waals surface area contributed by atoms with E-state index in [0.29, 0.717) is 6.42 Å². The Bertz CT molecular complexity index is 364. The Hall–Kier alpha value is -1.09. The van der Waals surface area contributed by atoms with Gasteiger partial charge in [-0.1, -0.05) is 13.3 Å². The number of aryl methyl sites for hydroxylation is 1. The van der Waals surface area contributed by atoms with Crippen LogP contribution in [0.3, 0.4) is 0 Å². The van der Waals surface area contributed by atoms with Gasteiger partial charge < -0.3 is 4.90 Å². The Kier molecular flexibility index (Phi) is 4.37. The monoisotopic (exact) mass is 234 g/mol. The van der Waals surface area contributed by atoms with Gasteiger partial charge in [0.15, 0.2) is 0 Å². The SMILES string of the molecule is CCc1cccn1C(=O)CCN1CCCCC1. The van der Waals surface area contributed by atoms with Gasteiger partial charge in [0, 0.05) is 24.9 Å². The Morgan fingerprint density at radius 1 is 1.29 bits per heavy atom. The number of likely N-dealkylation sites (tertiary alicyclic amines) is 1. The minimum atomic E-state index is 0.234. The minimum Gasteiger partial charge on any atom is -0.303 e. The molecule has 0 N–H and O–H groups in total. The van der Waals surface area contributed by atoms with Crippen LogP contribution in [-0.2, 0) is 6.42 Å². The van der Waals surface area contributed by atoms with E-state index in [2.05, 4.69) is 11.8 Å². The van der Waals surface area contributed by atoms with Crippen LogP contribution in [0, 0.1) is 0 Å². The quantitative estimate of drug-likeness (QED) is 0.800. The summed E-state index contributed by atoms with van der Waals surface area (Å²) in [7, 11) is 0. The van der Waals surface area contributed by atoms with Gasteiger partial charge in [0.1, 0.15) is 0 Å². The maximum atomic E-state index is 12.1. The second kappa shape index (κ2) is 6.01. The molecule has 0 saturated carbocycles. The van der Waals surface area contributed by atoms with E-state index in [1.165, 1.54) is 32.4 Å². The first-order valence-corrected chi connectivity index (χ1v) is 6.73. The molecule has 1 fully saturated rings. The topological polar surface area (TPSA) is 25.2 Å². The van der Waals surface area contributed by atoms with Crippen molar-refractivity contribution in [2.24, 2.45) is 0 Å². The largest absolute Gasteiger partial charge is 0.303 e. The average molecular weight is 234 g/mol. The molecule has 17 heavy (non-hydrogen) atoms. The standard InChI is InChI=1S/C14H22N2O/c1-2-13-7-6-11-16(13)14(17)8-12-15-9-4-3-5-10-15/h6-7,11H,2-5,8-10,12H2,1H3. The van der Waals surface area contributed by atoms with Crippen LogP contribution in [0.25, 0.3) is 0 Å². The molecule has 0 unspecified atom stereocenters. The fourth-order valence-corrected chi connectivity index (χ4v) is 2.50. The summed E-state index contributed by atoms with van der Waals surface area (Å²) >= 11 is 0. The summed E-state index contributed by atoms with van der Waals surface area (Å²) in [6.45, 7) is 5.34. The fraction of sp³-hybridized carbons (Fsp3) is 0.643. The highest BCUT2D eigenvalue weighted by Crippen LogP contribution is 2.10. The zero-order valence-corrected chi connectivity index (χ0v) is 10.7. The maximum absolute atomic E-state index is 12.1. The average Bonchev–Trinajstić information content (AvgIpc) is 2.85. The molecule has 0 amide bonds. The predicted molar refractivity (Wildman–Crippen MR) is 69.3 cm³/mol. The third-order valence-corrected chi connectivity index (χ3v) is 3.55. The summed E-state index contributed by atoms with van der Waals surface area (Å²) in [5.41, 5.74) is 1.12. The Morgan fingerprint density at radius 3 is 2.76 bits per heavy atom. The van der Waals surface area contributed by atoms with Crippen molar-refractivity contribution in [3.63, 3.8) is 0 Å². The highest BCUT2D eigenvalue weighted by Gasteiger charge is 2.13. The van der Waals surface area contributed by atoms with E-state index in [1.54, 1.807) is 0 Å². The van der Waals surface area contributed by atoms with Crippen LogP contribution < -0.4 is 0 Å². The number of carbonyl (C=O) groups excluding carboxylic acids is 1. The zero-order valence-electron chi connectivity index (χ0n) is 10.7. The molecule has 0 radical (unpaired) electrons. The van der Waals surface area contributed by atoms with Gasteiger partial charge in [-0.05, 0) is 44.5 Å². The minimum absolute atomic E-state index is 0.234. The van der Waals surface area contributed by atoms with Crippen LogP contribution in [0.2, 0.25) is 0 Å². The van der Waals surface area contributed by atoms with E-state index in [4.69, 9.17) is 0 Å². The molecule has 1 aliphatic heterocycles. The Morgan fingerprint density at radius 2 is 2.06 bits per heavy atom. The van der Waals surface area contributed by atoms with Crippen LogP contribution >= 0.6 is 0 Å². The lowest BCUT2D eigenvalue weighted by Crippen LogP contribution is -2.32. The van der Waals surface area contributed by atoms with Crippen molar-refractivity contribution >= 4 is 5.91 Å². The van der Waals surface area contributed by atoms with Gasteiger partial charge in [-0.15, -0.1) is 0 Å². The van der Waals surface area contributed by atoms with Crippen LogP contribution in [0.1, 0.15) is 43.1 Å². The van der Waals surface area contributed by atoms with Crippen LogP contribution in [-0.4, -0.2) is 35.0 Å². The van der Waals surface area contributed by atoms with Crippen LogP contribution in [0.15, 0.2) is 18.3 Å². The van der Waals surface area contributed by atoms with E-state index in [-0.39, 0.29) is 5.91 Å². The van der Waals surface area contributed by atoms with Gasteiger partial charge in [-0.2, -0.15) is 0 Å². The zero-order chi connectivity index (χ0) is 12.1. The number of carbonyl (C=O) groups is 1. The van der Waals surface area contributed by atoms with Crippen molar-refractivity contribution in [3.05, 3.63) is 24.0 Å². The summed E-state index contributed by atoms with van der Waals surface area (Å²) in [6.07, 6.45) is 7.37. The Labute approximate surface area is 103 Å².